The Morgan fingerprint density at radius 3 is 2.83 bits per heavy atom. The number of aryl methyl sites for hydroxylation is 2. The van der Waals surface area contributed by atoms with Gasteiger partial charge >= 0.3 is 0 Å². The number of hydrogen-bond acceptors (Lipinski definition) is 3. The Kier molecular flexibility index (Phi) is 4.10. The maximum absolute atomic E-state index is 6.34. The monoisotopic (exact) mass is 244 g/mol. The van der Waals surface area contributed by atoms with E-state index < -0.39 is 0 Å². The molecule has 4 nitrogen and oxygen atoms in total. The Labute approximate surface area is 108 Å². The molecule has 0 spiro atoms. The summed E-state index contributed by atoms with van der Waals surface area (Å²) >= 11 is 0. The third kappa shape index (κ3) is 2.43. The van der Waals surface area contributed by atoms with E-state index in [-0.39, 0.29) is 6.04 Å². The van der Waals surface area contributed by atoms with Gasteiger partial charge < -0.3 is 5.73 Å². The van der Waals surface area contributed by atoms with Crippen molar-refractivity contribution >= 4 is 0 Å². The minimum absolute atomic E-state index is 0.199. The largest absolute Gasteiger partial charge is 0.318 e. The van der Waals surface area contributed by atoms with Gasteiger partial charge in [-0.15, -0.1) is 0 Å². The predicted octanol–water partition coefficient (Wildman–Crippen LogP) is 2.30. The first-order valence-electron chi connectivity index (χ1n) is 6.49. The summed E-state index contributed by atoms with van der Waals surface area (Å²) in [5.74, 6) is 0. The Morgan fingerprint density at radius 2 is 2.11 bits per heavy atom. The van der Waals surface area contributed by atoms with E-state index in [2.05, 4.69) is 30.0 Å². The van der Waals surface area contributed by atoms with Crippen molar-refractivity contribution < 1.29 is 0 Å². The smallest absolute Gasteiger partial charge is 0.0899 e. The van der Waals surface area contributed by atoms with Gasteiger partial charge in [0.25, 0.3) is 0 Å². The average Bonchev–Trinajstić information content (AvgIpc) is 2.86. The molecular weight excluding hydrogens is 224 g/mol. The number of nitrogens with two attached hydrogens (primary N) is 1. The highest BCUT2D eigenvalue weighted by atomic mass is 15.3. The van der Waals surface area contributed by atoms with Crippen molar-refractivity contribution in [3.8, 4) is 0 Å². The third-order valence-electron chi connectivity index (χ3n) is 3.11. The molecular formula is C14H20N4. The van der Waals surface area contributed by atoms with Crippen LogP contribution in [0.4, 0.5) is 0 Å². The molecule has 0 aliphatic carbocycles. The Hall–Kier alpha value is -1.68. The molecule has 2 heterocycles. The molecule has 4 heteroatoms. The maximum atomic E-state index is 6.34. The summed E-state index contributed by atoms with van der Waals surface area (Å²) in [6.07, 6.45) is 5.59. The topological polar surface area (TPSA) is 56.7 Å². The zero-order chi connectivity index (χ0) is 13.0. The van der Waals surface area contributed by atoms with Gasteiger partial charge in [-0.25, -0.2) is 0 Å². The van der Waals surface area contributed by atoms with E-state index in [0.29, 0.717) is 0 Å². The average molecular weight is 244 g/mol. The highest BCUT2D eigenvalue weighted by molar-refractivity contribution is 5.28. The van der Waals surface area contributed by atoms with Gasteiger partial charge in [-0.3, -0.25) is 9.67 Å². The molecule has 0 amide bonds. The molecule has 0 fully saturated rings. The molecule has 18 heavy (non-hydrogen) atoms. The fourth-order valence-corrected chi connectivity index (χ4v) is 2.18. The number of pyridine rings is 1. The molecule has 0 saturated carbocycles. The van der Waals surface area contributed by atoms with Gasteiger partial charge in [0.1, 0.15) is 0 Å². The maximum Gasteiger partial charge on any atom is 0.0899 e. The van der Waals surface area contributed by atoms with E-state index in [1.165, 1.54) is 5.56 Å². The predicted molar refractivity (Wildman–Crippen MR) is 72.2 cm³/mol. The standard InChI is InChI=1S/C14H20N4/c1-3-10-18-12(7-9-17-18)13(15)14-11(4-2)6-5-8-16-14/h5-9,13H,3-4,10,15H2,1-2H3. The van der Waals surface area contributed by atoms with Crippen molar-refractivity contribution in [3.05, 3.63) is 47.5 Å². The van der Waals surface area contributed by atoms with E-state index in [0.717, 1.165) is 30.8 Å². The van der Waals surface area contributed by atoms with Crippen LogP contribution in [0.2, 0.25) is 0 Å². The van der Waals surface area contributed by atoms with Crippen LogP contribution in [0.3, 0.4) is 0 Å². The summed E-state index contributed by atoms with van der Waals surface area (Å²) in [5.41, 5.74) is 9.54. The number of hydrogen-bond donors (Lipinski definition) is 1. The number of rotatable bonds is 5. The summed E-state index contributed by atoms with van der Waals surface area (Å²) in [5, 5.41) is 4.32. The van der Waals surface area contributed by atoms with E-state index in [9.17, 15) is 0 Å². The van der Waals surface area contributed by atoms with Crippen LogP contribution in [0.5, 0.6) is 0 Å². The van der Waals surface area contributed by atoms with Gasteiger partial charge in [-0.1, -0.05) is 19.9 Å². The molecule has 2 aromatic heterocycles. The van der Waals surface area contributed by atoms with Crippen molar-refractivity contribution in [2.75, 3.05) is 0 Å². The molecule has 0 saturated heterocycles. The normalized spacial score (nSPS) is 12.6. The van der Waals surface area contributed by atoms with Crippen LogP contribution >= 0.6 is 0 Å². The summed E-state index contributed by atoms with van der Waals surface area (Å²) in [6, 6.07) is 5.82. The molecule has 2 aromatic rings. The lowest BCUT2D eigenvalue weighted by Crippen LogP contribution is -2.20. The Balaban J connectivity index is 2.35. The second-order valence-corrected chi connectivity index (χ2v) is 4.36. The summed E-state index contributed by atoms with van der Waals surface area (Å²) in [6.45, 7) is 5.15. The molecule has 2 rings (SSSR count). The second-order valence-electron chi connectivity index (χ2n) is 4.36. The second kappa shape index (κ2) is 5.78. The highest BCUT2D eigenvalue weighted by Crippen LogP contribution is 2.21. The van der Waals surface area contributed by atoms with Crippen LogP contribution < -0.4 is 5.73 Å². The number of aromatic nitrogens is 3. The summed E-state index contributed by atoms with van der Waals surface area (Å²) in [4.78, 5) is 4.44. The van der Waals surface area contributed by atoms with Gasteiger partial charge in [0.05, 0.1) is 17.4 Å². The SMILES string of the molecule is CCCn1nccc1C(N)c1ncccc1CC. The lowest BCUT2D eigenvalue weighted by atomic mass is 10.0. The van der Waals surface area contributed by atoms with Crippen LogP contribution in [-0.4, -0.2) is 14.8 Å². The van der Waals surface area contributed by atoms with Crippen LogP contribution in [0.15, 0.2) is 30.6 Å². The third-order valence-corrected chi connectivity index (χ3v) is 3.11. The lowest BCUT2D eigenvalue weighted by Gasteiger charge is -2.16. The first-order valence-corrected chi connectivity index (χ1v) is 6.49. The minimum atomic E-state index is -0.199. The molecule has 0 aliphatic heterocycles. The minimum Gasteiger partial charge on any atom is -0.318 e. The summed E-state index contributed by atoms with van der Waals surface area (Å²) < 4.78 is 1.97. The molecule has 0 bridgehead atoms. The van der Waals surface area contributed by atoms with Crippen LogP contribution in [0.25, 0.3) is 0 Å². The fourth-order valence-electron chi connectivity index (χ4n) is 2.18. The van der Waals surface area contributed by atoms with E-state index in [1.807, 2.05) is 16.8 Å². The van der Waals surface area contributed by atoms with E-state index in [4.69, 9.17) is 5.73 Å². The van der Waals surface area contributed by atoms with Crippen molar-refractivity contribution in [1.29, 1.82) is 0 Å². The van der Waals surface area contributed by atoms with Gasteiger partial charge in [0, 0.05) is 18.9 Å². The molecule has 0 radical (unpaired) electrons. The summed E-state index contributed by atoms with van der Waals surface area (Å²) in [7, 11) is 0. The van der Waals surface area contributed by atoms with Gasteiger partial charge in [-0.2, -0.15) is 5.10 Å². The molecule has 1 unspecified atom stereocenters. The van der Waals surface area contributed by atoms with Crippen LogP contribution in [-0.2, 0) is 13.0 Å². The van der Waals surface area contributed by atoms with Crippen molar-refractivity contribution in [2.45, 2.75) is 39.3 Å². The van der Waals surface area contributed by atoms with Gasteiger partial charge in [-0.05, 0) is 30.5 Å². The Bertz CT molecular complexity index is 504. The zero-order valence-corrected chi connectivity index (χ0v) is 11.0. The Morgan fingerprint density at radius 1 is 1.28 bits per heavy atom. The zero-order valence-electron chi connectivity index (χ0n) is 11.0. The molecule has 1 atom stereocenters. The van der Waals surface area contributed by atoms with Gasteiger partial charge in [0.15, 0.2) is 0 Å². The highest BCUT2D eigenvalue weighted by Gasteiger charge is 2.17. The van der Waals surface area contributed by atoms with Crippen molar-refractivity contribution in [3.63, 3.8) is 0 Å². The first kappa shape index (κ1) is 12.8. The molecule has 0 aliphatic rings. The van der Waals surface area contributed by atoms with Crippen molar-refractivity contribution in [1.82, 2.24) is 14.8 Å². The van der Waals surface area contributed by atoms with Crippen LogP contribution in [0, 0.1) is 0 Å². The molecule has 2 N–H and O–H groups in total. The van der Waals surface area contributed by atoms with Gasteiger partial charge in [0.2, 0.25) is 0 Å². The lowest BCUT2D eigenvalue weighted by molar-refractivity contribution is 0.555. The molecule has 0 aromatic carbocycles. The number of nitrogens with zero attached hydrogens (tertiary/aromatic N) is 3. The quantitative estimate of drug-likeness (QED) is 0.878. The van der Waals surface area contributed by atoms with Crippen molar-refractivity contribution in [2.24, 2.45) is 5.73 Å². The first-order chi connectivity index (χ1) is 8.77. The van der Waals surface area contributed by atoms with Crippen LogP contribution in [0.1, 0.15) is 43.3 Å². The van der Waals surface area contributed by atoms with E-state index in [1.54, 1.807) is 12.4 Å². The van der Waals surface area contributed by atoms with E-state index >= 15 is 0 Å². The molecule has 96 valence electrons. The fraction of sp³-hybridized carbons (Fsp3) is 0.429.